The molecule has 2 atom stereocenters. The maximum atomic E-state index is 12.1. The molecule has 0 saturated carbocycles. The fourth-order valence-corrected chi connectivity index (χ4v) is 5.76. The summed E-state index contributed by atoms with van der Waals surface area (Å²) < 4.78 is 23.0. The largest absolute Gasteiger partial charge is 0.356 e. The first-order valence-electron chi connectivity index (χ1n) is 10.7. The van der Waals surface area contributed by atoms with Crippen LogP contribution in [0.15, 0.2) is 35.3 Å². The van der Waals surface area contributed by atoms with Gasteiger partial charge >= 0.3 is 0 Å². The Morgan fingerprint density at radius 1 is 1.20 bits per heavy atom. The molecular formula is C21H33N5O3S. The average Bonchev–Trinajstić information content (AvgIpc) is 3.30. The summed E-state index contributed by atoms with van der Waals surface area (Å²) in [6.07, 6.45) is 3.14. The SMILES string of the molecule is CN=C(NCCC(=O)NC1CCS(=O)(=O)C1)NCC1CCCN1Cc1ccccc1. The summed E-state index contributed by atoms with van der Waals surface area (Å²) in [5.74, 6) is 0.758. The van der Waals surface area contributed by atoms with Crippen LogP contribution in [0.2, 0.25) is 0 Å². The lowest BCUT2D eigenvalue weighted by molar-refractivity contribution is -0.121. The predicted molar refractivity (Wildman–Crippen MR) is 119 cm³/mol. The molecule has 3 rings (SSSR count). The topological polar surface area (TPSA) is 103 Å². The van der Waals surface area contributed by atoms with Gasteiger partial charge in [-0.15, -0.1) is 0 Å². The predicted octanol–water partition coefficient (Wildman–Crippen LogP) is 0.509. The summed E-state index contributed by atoms with van der Waals surface area (Å²) in [5, 5.41) is 9.35. The Morgan fingerprint density at radius 2 is 2.00 bits per heavy atom. The van der Waals surface area contributed by atoms with E-state index in [0.29, 0.717) is 25.0 Å². The Hall–Kier alpha value is -2.13. The molecule has 0 aliphatic carbocycles. The zero-order chi connectivity index (χ0) is 21.4. The van der Waals surface area contributed by atoms with Gasteiger partial charge in [0, 0.05) is 45.2 Å². The van der Waals surface area contributed by atoms with Crippen LogP contribution in [0.5, 0.6) is 0 Å². The number of amides is 1. The summed E-state index contributed by atoms with van der Waals surface area (Å²) in [5.41, 5.74) is 1.33. The molecule has 0 radical (unpaired) electrons. The molecule has 8 nitrogen and oxygen atoms in total. The molecule has 0 aromatic heterocycles. The van der Waals surface area contributed by atoms with Crippen LogP contribution in [-0.4, -0.2) is 75.5 Å². The Morgan fingerprint density at radius 3 is 2.70 bits per heavy atom. The Balaban J connectivity index is 1.35. The lowest BCUT2D eigenvalue weighted by atomic mass is 10.2. The highest BCUT2D eigenvalue weighted by Gasteiger charge is 2.28. The van der Waals surface area contributed by atoms with Gasteiger partial charge in [-0.2, -0.15) is 0 Å². The van der Waals surface area contributed by atoms with E-state index in [-0.39, 0.29) is 29.9 Å². The number of carbonyl (C=O) groups excluding carboxylic acids is 1. The standard InChI is InChI=1S/C21H33N5O3S/c1-22-21(23-11-9-20(27)25-18-10-13-30(28,29)16-18)24-14-19-8-5-12-26(19)15-17-6-3-2-4-7-17/h2-4,6-7,18-19H,5,8-16H2,1H3,(H,25,27)(H2,22,23,24). The third-order valence-corrected chi connectivity index (χ3v) is 7.47. The third-order valence-electron chi connectivity index (χ3n) is 5.70. The van der Waals surface area contributed by atoms with Gasteiger partial charge < -0.3 is 16.0 Å². The molecule has 9 heteroatoms. The maximum absolute atomic E-state index is 12.1. The minimum absolute atomic E-state index is 0.0518. The molecule has 0 spiro atoms. The molecule has 2 aliphatic rings. The number of nitrogens with one attached hydrogen (secondary N) is 3. The van der Waals surface area contributed by atoms with Crippen LogP contribution in [-0.2, 0) is 21.2 Å². The average molecular weight is 436 g/mol. The van der Waals surface area contributed by atoms with E-state index in [2.05, 4.69) is 50.1 Å². The molecule has 166 valence electrons. The molecule has 2 fully saturated rings. The van der Waals surface area contributed by atoms with Gasteiger partial charge in [-0.3, -0.25) is 14.7 Å². The summed E-state index contributed by atoms with van der Waals surface area (Å²) in [4.78, 5) is 18.8. The van der Waals surface area contributed by atoms with Crippen molar-refractivity contribution in [1.29, 1.82) is 0 Å². The van der Waals surface area contributed by atoms with Gasteiger partial charge in [-0.25, -0.2) is 8.42 Å². The first kappa shape index (κ1) is 22.6. The number of hydrogen-bond donors (Lipinski definition) is 3. The summed E-state index contributed by atoms with van der Waals surface area (Å²) >= 11 is 0. The second-order valence-corrected chi connectivity index (χ2v) is 10.3. The lowest BCUT2D eigenvalue weighted by Gasteiger charge is -2.25. The van der Waals surface area contributed by atoms with Gasteiger partial charge in [0.15, 0.2) is 15.8 Å². The number of guanidine groups is 1. The molecule has 2 saturated heterocycles. The van der Waals surface area contributed by atoms with Crippen molar-refractivity contribution in [3.05, 3.63) is 35.9 Å². The zero-order valence-electron chi connectivity index (χ0n) is 17.6. The Kier molecular flexibility index (Phi) is 8.09. The molecule has 1 aromatic rings. The highest BCUT2D eigenvalue weighted by Crippen LogP contribution is 2.19. The van der Waals surface area contributed by atoms with Crippen LogP contribution >= 0.6 is 0 Å². The number of benzene rings is 1. The highest BCUT2D eigenvalue weighted by atomic mass is 32.2. The van der Waals surface area contributed by atoms with Gasteiger partial charge in [0.1, 0.15) is 0 Å². The maximum Gasteiger partial charge on any atom is 0.222 e. The van der Waals surface area contributed by atoms with E-state index in [1.165, 1.54) is 12.0 Å². The van der Waals surface area contributed by atoms with Crippen molar-refractivity contribution in [3.8, 4) is 0 Å². The van der Waals surface area contributed by atoms with Crippen molar-refractivity contribution < 1.29 is 13.2 Å². The molecule has 0 bridgehead atoms. The first-order valence-corrected chi connectivity index (χ1v) is 12.5. The molecular weight excluding hydrogens is 402 g/mol. The highest BCUT2D eigenvalue weighted by molar-refractivity contribution is 7.91. The normalized spacial score (nSPS) is 24.0. The fourth-order valence-electron chi connectivity index (χ4n) is 4.09. The Bertz CT molecular complexity index is 828. The van der Waals surface area contributed by atoms with Crippen LogP contribution < -0.4 is 16.0 Å². The second kappa shape index (κ2) is 10.8. The van der Waals surface area contributed by atoms with Crippen LogP contribution in [0.4, 0.5) is 0 Å². The van der Waals surface area contributed by atoms with E-state index in [0.717, 1.165) is 26.1 Å². The van der Waals surface area contributed by atoms with Crippen molar-refractivity contribution in [2.24, 2.45) is 4.99 Å². The van der Waals surface area contributed by atoms with Crippen molar-refractivity contribution in [3.63, 3.8) is 0 Å². The molecule has 3 N–H and O–H groups in total. The van der Waals surface area contributed by atoms with Gasteiger partial charge in [0.25, 0.3) is 0 Å². The second-order valence-electron chi connectivity index (χ2n) is 8.05. The lowest BCUT2D eigenvalue weighted by Crippen LogP contribution is -2.45. The monoisotopic (exact) mass is 435 g/mol. The quantitative estimate of drug-likeness (QED) is 0.406. The molecule has 1 aromatic carbocycles. The van der Waals surface area contributed by atoms with Gasteiger partial charge in [-0.05, 0) is 31.4 Å². The molecule has 2 unspecified atom stereocenters. The van der Waals surface area contributed by atoms with E-state index in [9.17, 15) is 13.2 Å². The Labute approximate surface area is 179 Å². The van der Waals surface area contributed by atoms with Crippen LogP contribution in [0.3, 0.4) is 0 Å². The van der Waals surface area contributed by atoms with E-state index in [1.54, 1.807) is 7.05 Å². The first-order chi connectivity index (χ1) is 14.4. The van der Waals surface area contributed by atoms with Crippen LogP contribution in [0, 0.1) is 0 Å². The molecule has 2 heterocycles. The number of carbonyl (C=O) groups is 1. The third kappa shape index (κ3) is 6.98. The number of aliphatic imine (C=N–C) groups is 1. The van der Waals surface area contributed by atoms with Crippen LogP contribution in [0.25, 0.3) is 0 Å². The van der Waals surface area contributed by atoms with E-state index < -0.39 is 9.84 Å². The van der Waals surface area contributed by atoms with Crippen molar-refractivity contribution in [2.45, 2.75) is 44.3 Å². The van der Waals surface area contributed by atoms with Gasteiger partial charge in [0.05, 0.1) is 11.5 Å². The smallest absolute Gasteiger partial charge is 0.222 e. The number of hydrogen-bond acceptors (Lipinski definition) is 5. The van der Waals surface area contributed by atoms with Crippen molar-refractivity contribution >= 4 is 21.7 Å². The van der Waals surface area contributed by atoms with E-state index >= 15 is 0 Å². The van der Waals surface area contributed by atoms with Gasteiger partial charge in [0.2, 0.25) is 5.91 Å². The zero-order valence-corrected chi connectivity index (χ0v) is 18.5. The van der Waals surface area contributed by atoms with E-state index in [4.69, 9.17) is 0 Å². The molecule has 30 heavy (non-hydrogen) atoms. The number of rotatable bonds is 8. The number of likely N-dealkylation sites (tertiary alicyclic amines) is 1. The van der Waals surface area contributed by atoms with Crippen LogP contribution in [0.1, 0.15) is 31.2 Å². The summed E-state index contributed by atoms with van der Waals surface area (Å²) in [6.45, 7) is 3.31. The summed E-state index contributed by atoms with van der Waals surface area (Å²) in [7, 11) is -1.27. The number of nitrogens with zero attached hydrogens (tertiary/aromatic N) is 2. The van der Waals surface area contributed by atoms with Gasteiger partial charge in [-0.1, -0.05) is 30.3 Å². The fraction of sp³-hybridized carbons (Fsp3) is 0.619. The minimum atomic E-state index is -2.98. The van der Waals surface area contributed by atoms with E-state index in [1.807, 2.05) is 6.07 Å². The molecule has 2 aliphatic heterocycles. The summed E-state index contributed by atoms with van der Waals surface area (Å²) in [6, 6.07) is 10.7. The minimum Gasteiger partial charge on any atom is -0.356 e. The van der Waals surface area contributed by atoms with Crippen molar-refractivity contribution in [1.82, 2.24) is 20.9 Å². The van der Waals surface area contributed by atoms with Crippen molar-refractivity contribution in [2.75, 3.05) is 38.2 Å². The molecule has 1 amide bonds. The number of sulfone groups is 1.